The molecule has 3 heterocycles. The molecule has 0 aliphatic rings. The summed E-state index contributed by atoms with van der Waals surface area (Å²) in [6.45, 7) is 7.80. The zero-order chi connectivity index (χ0) is 27.0. The number of aromatic hydroxyl groups is 1. The largest absolute Gasteiger partial charge is 0.494 e. The Kier molecular flexibility index (Phi) is 6.15. The molecule has 0 fully saturated rings. The number of aromatic nitrogens is 5. The SMILES string of the molecule is Cc1cc(C(=O)Nc2ccc(C(=O)c3ccc4[nH]c(O)c(C=Nc5ccn[nH]5)c4c3)cc2)n(C(C)(C)C)n1. The number of fused-ring (bicyclic) bond motifs is 1. The molecule has 192 valence electrons. The molecule has 5 rings (SSSR count). The summed E-state index contributed by atoms with van der Waals surface area (Å²) < 4.78 is 1.71. The topological polar surface area (TPSA) is 141 Å². The van der Waals surface area contributed by atoms with Gasteiger partial charge in [-0.05, 0) is 76.2 Å². The molecular formula is C28H27N7O3. The maximum absolute atomic E-state index is 13.2. The zero-order valence-electron chi connectivity index (χ0n) is 21.4. The van der Waals surface area contributed by atoms with Crippen LogP contribution in [0.5, 0.6) is 5.88 Å². The molecule has 0 bridgehead atoms. The minimum absolute atomic E-state index is 0.0454. The van der Waals surface area contributed by atoms with E-state index < -0.39 is 0 Å². The lowest BCUT2D eigenvalue weighted by Crippen LogP contribution is -2.29. The van der Waals surface area contributed by atoms with Crippen molar-refractivity contribution in [2.75, 3.05) is 5.32 Å². The number of amides is 1. The predicted octanol–water partition coefficient (Wildman–Crippen LogP) is 5.09. The van der Waals surface area contributed by atoms with Gasteiger partial charge in [-0.25, -0.2) is 4.99 Å². The number of aryl methyl sites for hydroxylation is 1. The monoisotopic (exact) mass is 509 g/mol. The van der Waals surface area contributed by atoms with E-state index >= 15 is 0 Å². The van der Waals surface area contributed by atoms with Gasteiger partial charge in [-0.3, -0.25) is 19.4 Å². The minimum Gasteiger partial charge on any atom is -0.494 e. The summed E-state index contributed by atoms with van der Waals surface area (Å²) in [5, 5.41) is 24.9. The molecule has 0 radical (unpaired) electrons. The first-order valence-corrected chi connectivity index (χ1v) is 12.0. The van der Waals surface area contributed by atoms with E-state index in [1.165, 1.54) is 6.21 Å². The van der Waals surface area contributed by atoms with Crippen LogP contribution in [0.4, 0.5) is 11.5 Å². The van der Waals surface area contributed by atoms with E-state index in [1.807, 2.05) is 27.7 Å². The average Bonchev–Trinajstić information content (AvgIpc) is 3.61. The molecule has 1 amide bonds. The van der Waals surface area contributed by atoms with Gasteiger partial charge in [0.25, 0.3) is 5.91 Å². The van der Waals surface area contributed by atoms with E-state index in [1.54, 1.807) is 65.5 Å². The molecule has 4 N–H and O–H groups in total. The Morgan fingerprint density at radius 3 is 2.47 bits per heavy atom. The molecule has 2 aromatic carbocycles. The van der Waals surface area contributed by atoms with Gasteiger partial charge >= 0.3 is 0 Å². The molecule has 10 nitrogen and oxygen atoms in total. The van der Waals surface area contributed by atoms with E-state index in [2.05, 4.69) is 30.6 Å². The highest BCUT2D eigenvalue weighted by Crippen LogP contribution is 2.28. The smallest absolute Gasteiger partial charge is 0.273 e. The van der Waals surface area contributed by atoms with Gasteiger partial charge in [0.2, 0.25) is 0 Å². The summed E-state index contributed by atoms with van der Waals surface area (Å²) in [6.07, 6.45) is 3.09. The Morgan fingerprint density at radius 1 is 1.05 bits per heavy atom. The van der Waals surface area contributed by atoms with Crippen LogP contribution in [-0.2, 0) is 5.54 Å². The van der Waals surface area contributed by atoms with Crippen molar-refractivity contribution < 1.29 is 14.7 Å². The Morgan fingerprint density at radius 2 is 1.79 bits per heavy atom. The first-order valence-electron chi connectivity index (χ1n) is 12.0. The van der Waals surface area contributed by atoms with Gasteiger partial charge in [0, 0.05) is 40.0 Å². The van der Waals surface area contributed by atoms with Crippen LogP contribution < -0.4 is 5.32 Å². The first-order chi connectivity index (χ1) is 18.1. The highest BCUT2D eigenvalue weighted by molar-refractivity contribution is 6.12. The minimum atomic E-state index is -0.348. The number of benzene rings is 2. The number of H-pyrrole nitrogens is 2. The molecule has 0 spiro atoms. The molecule has 5 aromatic rings. The van der Waals surface area contributed by atoms with Crippen molar-refractivity contribution in [2.24, 2.45) is 4.99 Å². The lowest BCUT2D eigenvalue weighted by Gasteiger charge is -2.22. The Balaban J connectivity index is 1.36. The van der Waals surface area contributed by atoms with E-state index in [0.717, 1.165) is 5.69 Å². The fraction of sp³-hybridized carbons (Fsp3) is 0.179. The Labute approximate surface area is 218 Å². The third-order valence-electron chi connectivity index (χ3n) is 6.00. The van der Waals surface area contributed by atoms with Gasteiger partial charge in [0.05, 0.1) is 23.0 Å². The summed E-state index contributed by atoms with van der Waals surface area (Å²) in [7, 11) is 0. The van der Waals surface area contributed by atoms with E-state index in [0.29, 0.717) is 44.8 Å². The van der Waals surface area contributed by atoms with Gasteiger partial charge in [-0.2, -0.15) is 10.2 Å². The number of rotatable bonds is 6. The summed E-state index contributed by atoms with van der Waals surface area (Å²) in [5.41, 5.74) is 3.49. The molecular weight excluding hydrogens is 482 g/mol. The van der Waals surface area contributed by atoms with Crippen LogP contribution in [-0.4, -0.2) is 48.0 Å². The van der Waals surface area contributed by atoms with E-state index in [9.17, 15) is 14.7 Å². The normalized spacial score (nSPS) is 11.9. The van der Waals surface area contributed by atoms with Gasteiger partial charge < -0.3 is 15.4 Å². The second-order valence-electron chi connectivity index (χ2n) is 9.96. The fourth-order valence-electron chi connectivity index (χ4n) is 4.16. The third-order valence-corrected chi connectivity index (χ3v) is 6.00. The highest BCUT2D eigenvalue weighted by Gasteiger charge is 2.23. The average molecular weight is 510 g/mol. The maximum atomic E-state index is 13.2. The molecule has 0 saturated heterocycles. The number of anilines is 1. The van der Waals surface area contributed by atoms with Crippen LogP contribution in [0.25, 0.3) is 10.9 Å². The quantitative estimate of drug-likeness (QED) is 0.186. The number of hydrogen-bond acceptors (Lipinski definition) is 6. The molecule has 3 aromatic heterocycles. The lowest BCUT2D eigenvalue weighted by atomic mass is 10.0. The van der Waals surface area contributed by atoms with Crippen molar-refractivity contribution in [3.8, 4) is 5.88 Å². The standard InChI is InChI=1S/C28H27N7O3/c1-16-13-23(35(34-16)28(2,3)4)27(38)31-19-8-5-17(6-9-19)25(36)18-7-10-22-20(14-18)21(26(37)32-22)15-29-24-11-12-30-33-24/h5-15,32,37H,1-4H3,(H,30,33)(H,31,38). The van der Waals surface area contributed by atoms with Crippen LogP contribution in [0.2, 0.25) is 0 Å². The molecule has 0 unspecified atom stereocenters. The number of ketones is 1. The van der Waals surface area contributed by atoms with Crippen LogP contribution in [0, 0.1) is 6.92 Å². The summed E-state index contributed by atoms with van der Waals surface area (Å²) in [6, 6.07) is 15.3. The first kappa shape index (κ1) is 24.7. The predicted molar refractivity (Wildman–Crippen MR) is 146 cm³/mol. The van der Waals surface area contributed by atoms with Gasteiger partial charge in [0.15, 0.2) is 11.7 Å². The molecule has 0 aliphatic heterocycles. The van der Waals surface area contributed by atoms with Crippen molar-refractivity contribution in [1.29, 1.82) is 0 Å². The van der Waals surface area contributed by atoms with Crippen LogP contribution in [0.15, 0.2) is 65.8 Å². The van der Waals surface area contributed by atoms with Gasteiger partial charge in [-0.15, -0.1) is 0 Å². The number of carbonyl (C=O) groups excluding carboxylic acids is 2. The second kappa shape index (κ2) is 9.47. The van der Waals surface area contributed by atoms with Crippen LogP contribution >= 0.6 is 0 Å². The summed E-state index contributed by atoms with van der Waals surface area (Å²) in [4.78, 5) is 33.4. The number of nitrogens with one attached hydrogen (secondary N) is 3. The maximum Gasteiger partial charge on any atom is 0.273 e. The van der Waals surface area contributed by atoms with Crippen molar-refractivity contribution in [3.05, 3.63) is 88.9 Å². The van der Waals surface area contributed by atoms with Crippen LogP contribution in [0.1, 0.15) is 58.4 Å². The lowest BCUT2D eigenvalue weighted by molar-refractivity contribution is 0.100. The van der Waals surface area contributed by atoms with Crippen molar-refractivity contribution in [3.63, 3.8) is 0 Å². The molecule has 0 aliphatic carbocycles. The molecule has 0 saturated carbocycles. The summed E-state index contributed by atoms with van der Waals surface area (Å²) in [5.74, 6) is 0.0251. The Hall–Kier alpha value is -4.99. The number of aliphatic imine (C=N–C) groups is 1. The van der Waals surface area contributed by atoms with Crippen molar-refractivity contribution >= 4 is 40.3 Å². The zero-order valence-corrected chi connectivity index (χ0v) is 21.4. The number of nitrogens with zero attached hydrogens (tertiary/aromatic N) is 4. The van der Waals surface area contributed by atoms with Crippen molar-refractivity contribution in [2.45, 2.75) is 33.2 Å². The van der Waals surface area contributed by atoms with Crippen molar-refractivity contribution in [1.82, 2.24) is 25.0 Å². The summed E-state index contributed by atoms with van der Waals surface area (Å²) >= 11 is 0. The van der Waals surface area contributed by atoms with Gasteiger partial charge in [0.1, 0.15) is 11.5 Å². The Bertz CT molecular complexity index is 1670. The third kappa shape index (κ3) is 4.83. The molecule has 0 atom stereocenters. The number of aromatic amines is 2. The number of carbonyl (C=O) groups is 2. The second-order valence-corrected chi connectivity index (χ2v) is 9.96. The highest BCUT2D eigenvalue weighted by atomic mass is 16.3. The number of hydrogen-bond donors (Lipinski definition) is 4. The van der Waals surface area contributed by atoms with Crippen LogP contribution in [0.3, 0.4) is 0 Å². The van der Waals surface area contributed by atoms with Gasteiger partial charge in [-0.1, -0.05) is 0 Å². The molecule has 38 heavy (non-hydrogen) atoms. The van der Waals surface area contributed by atoms with E-state index in [-0.39, 0.29) is 23.1 Å². The van der Waals surface area contributed by atoms with E-state index in [4.69, 9.17) is 0 Å². The fourth-order valence-corrected chi connectivity index (χ4v) is 4.16. The molecule has 10 heteroatoms.